The van der Waals surface area contributed by atoms with Crippen LogP contribution in [0.1, 0.15) is 34.5 Å². The average Bonchev–Trinajstić information content (AvgIpc) is 3.40. The molecule has 0 aliphatic carbocycles. The van der Waals surface area contributed by atoms with Crippen molar-refractivity contribution in [2.45, 2.75) is 32.4 Å². The number of benzene rings is 1. The standard InChI is InChI=1S/C28H27FN6O/c1-18-27(32-26-13-21(8-11-34(18)26)28(36)33-10-3-5-23(30)17-33)25-12-20-6-7-22(29)14-24(20)35(25)16-19-4-2-9-31-15-19/h2,4,6-9,11-15,23H,3,5,10,16-17,30H2,1H3. The smallest absolute Gasteiger partial charge is 0.254 e. The fourth-order valence-electron chi connectivity index (χ4n) is 5.19. The number of hydrogen-bond donors (Lipinski definition) is 1. The van der Waals surface area contributed by atoms with Crippen molar-refractivity contribution in [3.63, 3.8) is 0 Å². The van der Waals surface area contributed by atoms with Gasteiger partial charge in [0.25, 0.3) is 5.91 Å². The lowest BCUT2D eigenvalue weighted by molar-refractivity contribution is 0.0709. The zero-order valence-corrected chi connectivity index (χ0v) is 20.1. The third-order valence-electron chi connectivity index (χ3n) is 7.03. The number of fused-ring (bicyclic) bond motifs is 2. The highest BCUT2D eigenvalue weighted by Gasteiger charge is 2.24. The minimum Gasteiger partial charge on any atom is -0.337 e. The van der Waals surface area contributed by atoms with Crippen molar-refractivity contribution in [3.05, 3.63) is 89.8 Å². The number of hydrogen-bond acceptors (Lipinski definition) is 4. The third kappa shape index (κ3) is 3.93. The molecule has 1 fully saturated rings. The molecule has 1 aliphatic rings. The second-order valence-corrected chi connectivity index (χ2v) is 9.52. The van der Waals surface area contributed by atoms with E-state index in [0.29, 0.717) is 24.3 Å². The van der Waals surface area contributed by atoms with Crippen molar-refractivity contribution >= 4 is 22.5 Å². The Morgan fingerprint density at radius 2 is 2.08 bits per heavy atom. The molecule has 5 heterocycles. The van der Waals surface area contributed by atoms with Crippen LogP contribution < -0.4 is 5.73 Å². The predicted molar refractivity (Wildman–Crippen MR) is 137 cm³/mol. The lowest BCUT2D eigenvalue weighted by Gasteiger charge is -2.30. The first kappa shape index (κ1) is 22.4. The van der Waals surface area contributed by atoms with Gasteiger partial charge >= 0.3 is 0 Å². The van der Waals surface area contributed by atoms with E-state index in [2.05, 4.69) is 9.55 Å². The van der Waals surface area contributed by atoms with E-state index in [1.54, 1.807) is 18.3 Å². The van der Waals surface area contributed by atoms with Crippen molar-refractivity contribution in [3.8, 4) is 11.4 Å². The first-order valence-corrected chi connectivity index (χ1v) is 12.2. The van der Waals surface area contributed by atoms with Crippen molar-refractivity contribution in [2.24, 2.45) is 5.73 Å². The normalized spacial score (nSPS) is 16.2. The minimum absolute atomic E-state index is 0.0176. The molecular weight excluding hydrogens is 455 g/mol. The first-order chi connectivity index (χ1) is 17.5. The van der Waals surface area contributed by atoms with Crippen LogP contribution in [0.4, 0.5) is 4.39 Å². The van der Waals surface area contributed by atoms with Crippen LogP contribution >= 0.6 is 0 Å². The number of likely N-dealkylation sites (tertiary alicyclic amines) is 1. The Labute approximate surface area is 208 Å². The predicted octanol–water partition coefficient (Wildman–Crippen LogP) is 4.41. The molecule has 1 aliphatic heterocycles. The quantitative estimate of drug-likeness (QED) is 0.411. The van der Waals surface area contributed by atoms with Crippen LogP contribution in [0.25, 0.3) is 27.9 Å². The SMILES string of the molecule is Cc1c(-c2cc3ccc(F)cc3n2Cc2cccnc2)nc2cc(C(=O)N3CCCC(N)C3)ccn12. The Balaban J connectivity index is 1.44. The summed E-state index contributed by atoms with van der Waals surface area (Å²) in [6.07, 6.45) is 7.31. The zero-order chi connectivity index (χ0) is 24.8. The van der Waals surface area contributed by atoms with Crippen LogP contribution in [0, 0.1) is 12.7 Å². The number of piperidine rings is 1. The van der Waals surface area contributed by atoms with Crippen molar-refractivity contribution in [1.82, 2.24) is 23.8 Å². The number of carbonyl (C=O) groups is 1. The van der Waals surface area contributed by atoms with Crippen LogP contribution in [0.3, 0.4) is 0 Å². The van der Waals surface area contributed by atoms with Crippen LogP contribution in [0.15, 0.2) is 67.1 Å². The highest BCUT2D eigenvalue weighted by atomic mass is 19.1. The highest BCUT2D eigenvalue weighted by Crippen LogP contribution is 2.32. The summed E-state index contributed by atoms with van der Waals surface area (Å²) in [5, 5.41) is 0.934. The largest absolute Gasteiger partial charge is 0.337 e. The average molecular weight is 483 g/mol. The van der Waals surface area contributed by atoms with Gasteiger partial charge in [-0.15, -0.1) is 0 Å². The number of aromatic nitrogens is 4. The zero-order valence-electron chi connectivity index (χ0n) is 20.1. The van der Waals surface area contributed by atoms with Crippen molar-refractivity contribution in [2.75, 3.05) is 13.1 Å². The van der Waals surface area contributed by atoms with E-state index in [9.17, 15) is 9.18 Å². The lowest BCUT2D eigenvalue weighted by atomic mass is 10.1. The minimum atomic E-state index is -0.285. The molecule has 4 aromatic heterocycles. The van der Waals surface area contributed by atoms with E-state index in [-0.39, 0.29) is 17.8 Å². The summed E-state index contributed by atoms with van der Waals surface area (Å²) in [6.45, 7) is 3.84. The Morgan fingerprint density at radius 1 is 1.19 bits per heavy atom. The summed E-state index contributed by atoms with van der Waals surface area (Å²) in [7, 11) is 0. The summed E-state index contributed by atoms with van der Waals surface area (Å²) in [4.78, 5) is 24.2. The molecule has 7 nitrogen and oxygen atoms in total. The van der Waals surface area contributed by atoms with Gasteiger partial charge in [-0.1, -0.05) is 6.07 Å². The molecule has 36 heavy (non-hydrogen) atoms. The van der Waals surface area contributed by atoms with E-state index < -0.39 is 0 Å². The molecule has 0 radical (unpaired) electrons. The van der Waals surface area contributed by atoms with Crippen molar-refractivity contribution in [1.29, 1.82) is 0 Å². The Hall–Kier alpha value is -4.04. The second-order valence-electron chi connectivity index (χ2n) is 9.52. The summed E-state index contributed by atoms with van der Waals surface area (Å²) < 4.78 is 18.3. The molecule has 8 heteroatoms. The molecule has 2 N–H and O–H groups in total. The van der Waals surface area contributed by atoms with Gasteiger partial charge in [0.05, 0.1) is 11.2 Å². The molecular formula is C28H27FN6O. The molecule has 1 atom stereocenters. The van der Waals surface area contributed by atoms with Gasteiger partial charge in [0.1, 0.15) is 17.2 Å². The molecule has 1 amide bonds. The maximum Gasteiger partial charge on any atom is 0.254 e. The number of aryl methyl sites for hydroxylation is 1. The Morgan fingerprint density at radius 3 is 2.89 bits per heavy atom. The van der Waals surface area contributed by atoms with Crippen LogP contribution in [-0.4, -0.2) is 48.9 Å². The van der Waals surface area contributed by atoms with Gasteiger partial charge in [0.2, 0.25) is 0 Å². The van der Waals surface area contributed by atoms with E-state index >= 15 is 0 Å². The third-order valence-corrected chi connectivity index (χ3v) is 7.03. The monoisotopic (exact) mass is 482 g/mol. The number of nitrogens with zero attached hydrogens (tertiary/aromatic N) is 5. The Bertz CT molecular complexity index is 1590. The maximum absolute atomic E-state index is 14.2. The van der Waals surface area contributed by atoms with Crippen LogP contribution in [-0.2, 0) is 6.54 Å². The molecule has 0 saturated carbocycles. The van der Waals surface area contributed by atoms with Gasteiger partial charge in [-0.05, 0) is 67.8 Å². The van der Waals surface area contributed by atoms with Gasteiger partial charge in [-0.2, -0.15) is 0 Å². The molecule has 0 bridgehead atoms. The number of imidazole rings is 1. The number of carbonyl (C=O) groups excluding carboxylic acids is 1. The summed E-state index contributed by atoms with van der Waals surface area (Å²) in [6, 6.07) is 14.5. The van der Waals surface area contributed by atoms with E-state index in [0.717, 1.165) is 52.9 Å². The topological polar surface area (TPSA) is 81.5 Å². The molecule has 1 aromatic carbocycles. The number of nitrogens with two attached hydrogens (primary N) is 1. The first-order valence-electron chi connectivity index (χ1n) is 12.2. The van der Waals surface area contributed by atoms with E-state index in [4.69, 9.17) is 10.7 Å². The summed E-state index contributed by atoms with van der Waals surface area (Å²) in [5.74, 6) is -0.303. The van der Waals surface area contributed by atoms with E-state index in [1.165, 1.54) is 6.07 Å². The van der Waals surface area contributed by atoms with Gasteiger partial charge in [-0.25, -0.2) is 9.37 Å². The van der Waals surface area contributed by atoms with Crippen LogP contribution in [0.5, 0.6) is 0 Å². The van der Waals surface area contributed by atoms with Crippen LogP contribution in [0.2, 0.25) is 0 Å². The van der Waals surface area contributed by atoms with E-state index in [1.807, 2.05) is 58.9 Å². The molecule has 1 unspecified atom stereocenters. The lowest BCUT2D eigenvalue weighted by Crippen LogP contribution is -2.45. The molecule has 182 valence electrons. The van der Waals surface area contributed by atoms with Gasteiger partial charge < -0.3 is 19.6 Å². The Kier molecular flexibility index (Phi) is 5.53. The van der Waals surface area contributed by atoms with Gasteiger partial charge in [-0.3, -0.25) is 9.78 Å². The second kappa shape index (κ2) is 8.87. The van der Waals surface area contributed by atoms with Gasteiger partial charge in [0, 0.05) is 60.9 Å². The molecule has 1 saturated heterocycles. The molecule has 5 aromatic rings. The fraction of sp³-hybridized carbons (Fsp3) is 0.250. The maximum atomic E-state index is 14.2. The van der Waals surface area contributed by atoms with Crippen molar-refractivity contribution < 1.29 is 9.18 Å². The molecule has 6 rings (SSSR count). The summed E-state index contributed by atoms with van der Waals surface area (Å²) in [5.41, 5.74) is 11.8. The number of pyridine rings is 2. The molecule has 0 spiro atoms. The number of rotatable bonds is 4. The highest BCUT2D eigenvalue weighted by molar-refractivity contribution is 5.95. The summed E-state index contributed by atoms with van der Waals surface area (Å²) >= 11 is 0. The van der Waals surface area contributed by atoms with Gasteiger partial charge in [0.15, 0.2) is 0 Å². The fourth-order valence-corrected chi connectivity index (χ4v) is 5.19. The number of halogens is 1. The number of amides is 1.